The number of carbonyl (C=O) groups excluding carboxylic acids is 2. The number of H-pyrrole nitrogens is 1. The Morgan fingerprint density at radius 1 is 0.833 bits per heavy atom. The van der Waals surface area contributed by atoms with Crippen molar-refractivity contribution in [3.05, 3.63) is 93.8 Å². The minimum absolute atomic E-state index is 0.00525. The number of esters is 2. The minimum Gasteiger partial charge on any atom is -0.462 e. The van der Waals surface area contributed by atoms with Crippen LogP contribution >= 0.6 is 15.5 Å². The Balaban J connectivity index is 1.74. The molecule has 1 aromatic heterocycles. The second-order valence-electron chi connectivity index (χ2n) is 13.0. The zero-order chi connectivity index (χ0) is 39.8. The molecule has 1 fully saturated rings. The summed E-state index contributed by atoms with van der Waals surface area (Å²) in [4.78, 5) is 52.2. The first kappa shape index (κ1) is 42.6. The normalized spacial score (nSPS) is 23.2. The van der Waals surface area contributed by atoms with Crippen LogP contribution < -0.4 is 30.5 Å². The molecule has 0 aliphatic carbocycles. The Bertz CT molecular complexity index is 1940. The summed E-state index contributed by atoms with van der Waals surface area (Å²) in [5.74, 6) is -1.54. The number of aromatic nitrogens is 2. The third-order valence-corrected chi connectivity index (χ3v) is 10.8. The van der Waals surface area contributed by atoms with Crippen molar-refractivity contribution < 1.29 is 55.4 Å². The predicted octanol–water partition coefficient (Wildman–Crippen LogP) is 4.80. The molecule has 1 aliphatic rings. The fourth-order valence-electron chi connectivity index (χ4n) is 5.10. The molecule has 8 atom stereocenters. The van der Waals surface area contributed by atoms with Crippen LogP contribution in [0.15, 0.2) is 82.5 Å². The van der Waals surface area contributed by atoms with Gasteiger partial charge in [-0.3, -0.25) is 33.0 Å². The molecule has 2 heterocycles. The van der Waals surface area contributed by atoms with Gasteiger partial charge in [0.05, 0.1) is 18.8 Å². The van der Waals surface area contributed by atoms with Crippen molar-refractivity contribution in [2.45, 2.75) is 96.9 Å². The highest BCUT2D eigenvalue weighted by molar-refractivity contribution is 7.52. The van der Waals surface area contributed by atoms with Crippen LogP contribution in [0.1, 0.15) is 54.7 Å². The van der Waals surface area contributed by atoms with E-state index in [2.05, 4.69) is 10.2 Å². The summed E-state index contributed by atoms with van der Waals surface area (Å²) >= 11 is 0. The lowest BCUT2D eigenvalue weighted by Gasteiger charge is -2.32. The first-order chi connectivity index (χ1) is 25.3. The van der Waals surface area contributed by atoms with Gasteiger partial charge in [0.15, 0.2) is 11.9 Å². The number of benzene rings is 2. The van der Waals surface area contributed by atoms with E-state index in [1.54, 1.807) is 64.1 Å². The standard InChI is InChI=1S/C34H45FN4O13P2/c1-21(2)47-30(41)23(5)37-53(44,50-25-14-10-8-11-15-25)46-20-27-29(34(7,35)32(49-27)39-19-18-28(40)36-33(39)43)52-54(45,51-26-16-12-9-13-17-26)38-24(6)31(42)48-22(3)4/h8-19,21-24,27,29,32H,20H2,1-7H3,(H,37,44)(H,38,45)(H,36,40,43)/t23-,24+,27-,29-,32-,34-,53+,54?/m1/s1. The molecule has 3 aromatic rings. The van der Waals surface area contributed by atoms with Crippen LogP contribution in [0, 0.1) is 0 Å². The lowest BCUT2D eigenvalue weighted by atomic mass is 9.98. The Morgan fingerprint density at radius 3 is 1.80 bits per heavy atom. The first-order valence-corrected chi connectivity index (χ1v) is 20.0. The molecule has 1 saturated heterocycles. The average Bonchev–Trinajstić information content (AvgIpc) is 3.32. The highest BCUT2D eigenvalue weighted by Gasteiger charge is 2.60. The molecule has 0 radical (unpaired) electrons. The van der Waals surface area contributed by atoms with E-state index >= 15 is 4.39 Å². The van der Waals surface area contributed by atoms with Crippen LogP contribution in [-0.4, -0.2) is 70.3 Å². The Hall–Kier alpha value is -4.15. The molecule has 0 spiro atoms. The molecular weight excluding hydrogens is 753 g/mol. The van der Waals surface area contributed by atoms with E-state index < -0.39 is 93.7 Å². The van der Waals surface area contributed by atoms with Crippen molar-refractivity contribution in [1.82, 2.24) is 19.7 Å². The smallest absolute Gasteiger partial charge is 0.459 e. The second kappa shape index (κ2) is 18.0. The third kappa shape index (κ3) is 11.4. The van der Waals surface area contributed by atoms with Gasteiger partial charge in [0.1, 0.15) is 35.8 Å². The molecule has 0 amide bonds. The van der Waals surface area contributed by atoms with Gasteiger partial charge >= 0.3 is 33.1 Å². The van der Waals surface area contributed by atoms with E-state index in [1.807, 2.05) is 4.98 Å². The van der Waals surface area contributed by atoms with Gasteiger partial charge in [0.25, 0.3) is 5.56 Å². The van der Waals surface area contributed by atoms with Crippen LogP contribution in [0.3, 0.4) is 0 Å². The van der Waals surface area contributed by atoms with Gasteiger partial charge in [0, 0.05) is 12.3 Å². The van der Waals surface area contributed by atoms with Crippen molar-refractivity contribution in [3.63, 3.8) is 0 Å². The lowest BCUT2D eigenvalue weighted by molar-refractivity contribution is -0.150. The minimum atomic E-state index is -4.82. The van der Waals surface area contributed by atoms with Crippen LogP contribution in [0.5, 0.6) is 11.5 Å². The number of nitrogens with one attached hydrogen (secondary N) is 3. The summed E-state index contributed by atoms with van der Waals surface area (Å²) in [5, 5.41) is 4.99. The fourth-order valence-corrected chi connectivity index (χ4v) is 8.38. The monoisotopic (exact) mass is 798 g/mol. The van der Waals surface area contributed by atoms with Crippen LogP contribution in [0.4, 0.5) is 4.39 Å². The number of hydrogen-bond donors (Lipinski definition) is 3. The largest absolute Gasteiger partial charge is 0.462 e. The number of aromatic amines is 1. The Kier molecular flexibility index (Phi) is 14.2. The van der Waals surface area contributed by atoms with Crippen LogP contribution in [0.2, 0.25) is 0 Å². The van der Waals surface area contributed by atoms with E-state index in [4.69, 9.17) is 32.3 Å². The van der Waals surface area contributed by atoms with Crippen LogP contribution in [-0.2, 0) is 42.0 Å². The van der Waals surface area contributed by atoms with Gasteiger partial charge in [0.2, 0.25) is 0 Å². The summed E-state index contributed by atoms with van der Waals surface area (Å²) < 4.78 is 86.4. The summed E-state index contributed by atoms with van der Waals surface area (Å²) in [6.45, 7) is 9.30. The SMILES string of the molecule is CC(C)OC(=O)[C@H](C)NP(=O)(Oc1ccccc1)O[C@@H]1[C@@H](CO[P@@](=O)(N[C@H](C)C(=O)OC(C)C)Oc2ccccc2)O[C@@H](n2ccc(=O)[nH]c2=O)[C@]1(C)F. The molecule has 54 heavy (non-hydrogen) atoms. The number of hydrogen-bond acceptors (Lipinski definition) is 13. The van der Waals surface area contributed by atoms with E-state index in [-0.39, 0.29) is 11.5 Å². The van der Waals surface area contributed by atoms with Gasteiger partial charge in [-0.15, -0.1) is 0 Å². The number of rotatable bonds is 18. The quantitative estimate of drug-likeness (QED) is 0.117. The summed E-state index contributed by atoms with van der Waals surface area (Å²) in [6, 6.07) is 13.9. The molecule has 1 aliphatic heterocycles. The van der Waals surface area contributed by atoms with Crippen molar-refractivity contribution >= 4 is 27.4 Å². The highest BCUT2D eigenvalue weighted by atomic mass is 31.2. The zero-order valence-electron chi connectivity index (χ0n) is 30.7. The Labute approximate surface area is 311 Å². The van der Waals surface area contributed by atoms with Crippen molar-refractivity contribution in [2.24, 2.45) is 0 Å². The molecule has 1 unspecified atom stereocenters. The molecule has 20 heteroatoms. The predicted molar refractivity (Wildman–Crippen MR) is 193 cm³/mol. The number of nitrogens with zero attached hydrogens (tertiary/aromatic N) is 1. The molecule has 296 valence electrons. The van der Waals surface area contributed by atoms with Crippen molar-refractivity contribution in [3.8, 4) is 11.5 Å². The van der Waals surface area contributed by atoms with Crippen molar-refractivity contribution in [2.75, 3.05) is 6.61 Å². The zero-order valence-corrected chi connectivity index (χ0v) is 32.5. The number of carbonyl (C=O) groups is 2. The van der Waals surface area contributed by atoms with Gasteiger partial charge in [-0.05, 0) is 72.7 Å². The number of para-hydroxylation sites is 2. The summed E-state index contributed by atoms with van der Waals surface area (Å²) in [5.41, 5.74) is -4.62. The molecule has 4 rings (SSSR count). The molecular formula is C34H45FN4O13P2. The Morgan fingerprint density at radius 2 is 1.31 bits per heavy atom. The number of ether oxygens (including phenoxy) is 3. The van der Waals surface area contributed by atoms with Gasteiger partial charge in [-0.25, -0.2) is 18.3 Å². The molecule has 3 N–H and O–H groups in total. The van der Waals surface area contributed by atoms with Gasteiger partial charge < -0.3 is 23.3 Å². The number of halogens is 1. The summed E-state index contributed by atoms with van der Waals surface area (Å²) in [6.07, 6.45) is -5.57. The summed E-state index contributed by atoms with van der Waals surface area (Å²) in [7, 11) is -9.40. The molecule has 0 saturated carbocycles. The second-order valence-corrected chi connectivity index (χ2v) is 16.3. The average molecular weight is 799 g/mol. The van der Waals surface area contributed by atoms with Crippen LogP contribution in [0.25, 0.3) is 0 Å². The van der Waals surface area contributed by atoms with Crippen molar-refractivity contribution in [1.29, 1.82) is 0 Å². The fraction of sp³-hybridized carbons (Fsp3) is 0.471. The maximum atomic E-state index is 17.3. The number of alkyl halides is 1. The van der Waals surface area contributed by atoms with Gasteiger partial charge in [-0.1, -0.05) is 36.4 Å². The maximum Gasteiger partial charge on any atom is 0.459 e. The van der Waals surface area contributed by atoms with E-state index in [1.165, 1.54) is 38.1 Å². The third-order valence-electron chi connectivity index (χ3n) is 7.50. The highest BCUT2D eigenvalue weighted by Crippen LogP contribution is 2.54. The lowest BCUT2D eigenvalue weighted by Crippen LogP contribution is -2.46. The molecule has 0 bridgehead atoms. The first-order valence-electron chi connectivity index (χ1n) is 17.0. The maximum absolute atomic E-state index is 17.3. The topological polar surface area (TPSA) is 212 Å². The van der Waals surface area contributed by atoms with Gasteiger partial charge in [-0.2, -0.15) is 10.2 Å². The molecule has 2 aromatic carbocycles. The van der Waals surface area contributed by atoms with E-state index in [0.717, 1.165) is 23.8 Å². The molecule has 17 nitrogen and oxygen atoms in total. The van der Waals surface area contributed by atoms with E-state index in [9.17, 15) is 28.3 Å². The van der Waals surface area contributed by atoms with E-state index in [0.29, 0.717) is 0 Å².